The minimum atomic E-state index is -0.265. The van der Waals surface area contributed by atoms with Crippen molar-refractivity contribution < 1.29 is 14.1 Å². The van der Waals surface area contributed by atoms with Crippen LogP contribution in [0.5, 0.6) is 5.75 Å². The van der Waals surface area contributed by atoms with Gasteiger partial charge in [0.2, 0.25) is 11.7 Å². The largest absolute Gasteiger partial charge is 0.489 e. The average Bonchev–Trinajstić information content (AvgIpc) is 3.27. The summed E-state index contributed by atoms with van der Waals surface area (Å²) in [5.74, 6) is 1.12. The second-order valence-electron chi connectivity index (χ2n) is 6.97. The van der Waals surface area contributed by atoms with Gasteiger partial charge >= 0.3 is 0 Å². The summed E-state index contributed by atoms with van der Waals surface area (Å²) < 4.78 is 11.0. The fourth-order valence-corrected chi connectivity index (χ4v) is 3.10. The monoisotopic (exact) mass is 433 g/mol. The van der Waals surface area contributed by atoms with Gasteiger partial charge in [-0.3, -0.25) is 4.79 Å². The van der Waals surface area contributed by atoms with Crippen molar-refractivity contribution in [3.8, 4) is 17.1 Å². The van der Waals surface area contributed by atoms with E-state index >= 15 is 0 Å². The summed E-state index contributed by atoms with van der Waals surface area (Å²) >= 11 is 6.16. The lowest BCUT2D eigenvalue weighted by atomic mass is 10.1. The van der Waals surface area contributed by atoms with Crippen LogP contribution >= 0.6 is 11.6 Å². The minimum Gasteiger partial charge on any atom is -0.489 e. The molecule has 0 aliphatic rings. The maximum Gasteiger partial charge on any atom is 0.251 e. The molecule has 0 aliphatic heterocycles. The molecule has 4 aromatic rings. The Morgan fingerprint density at radius 1 is 1.06 bits per heavy atom. The summed E-state index contributed by atoms with van der Waals surface area (Å²) in [5.41, 5.74) is 3.35. The van der Waals surface area contributed by atoms with E-state index in [1.165, 1.54) is 0 Å². The minimum absolute atomic E-state index is 0.127. The third kappa shape index (κ3) is 5.29. The highest BCUT2D eigenvalue weighted by atomic mass is 35.5. The molecular formula is C24H20ClN3O3. The number of rotatable bonds is 7. The van der Waals surface area contributed by atoms with E-state index in [9.17, 15) is 4.79 Å². The second-order valence-corrected chi connectivity index (χ2v) is 7.38. The Hall–Kier alpha value is -3.64. The molecule has 3 aromatic carbocycles. The van der Waals surface area contributed by atoms with Crippen LogP contribution in [0.2, 0.25) is 5.02 Å². The van der Waals surface area contributed by atoms with E-state index in [4.69, 9.17) is 20.9 Å². The highest BCUT2D eigenvalue weighted by molar-refractivity contribution is 6.31. The number of carbonyl (C=O) groups excluding carboxylic acids is 1. The lowest BCUT2D eigenvalue weighted by Gasteiger charge is -2.09. The molecule has 31 heavy (non-hydrogen) atoms. The number of benzene rings is 3. The SMILES string of the molecule is Cc1ccc(-c2noc(CNC(=O)c3cccc(OCc4ccccc4Cl)c3)n2)cc1. The van der Waals surface area contributed by atoms with Gasteiger partial charge in [0, 0.05) is 21.7 Å². The van der Waals surface area contributed by atoms with Crippen molar-refractivity contribution in [3.05, 3.63) is 100 Å². The molecule has 1 amide bonds. The summed E-state index contributed by atoms with van der Waals surface area (Å²) in [4.78, 5) is 16.9. The molecule has 1 aromatic heterocycles. The number of hydrogen-bond acceptors (Lipinski definition) is 5. The first-order chi connectivity index (χ1) is 15.1. The smallest absolute Gasteiger partial charge is 0.251 e. The number of aromatic nitrogens is 2. The molecule has 7 heteroatoms. The summed E-state index contributed by atoms with van der Waals surface area (Å²) in [6, 6.07) is 22.2. The molecule has 0 saturated heterocycles. The molecule has 0 saturated carbocycles. The number of halogens is 1. The van der Waals surface area contributed by atoms with E-state index in [1.807, 2.05) is 55.5 Å². The van der Waals surface area contributed by atoms with Crippen LogP contribution < -0.4 is 10.1 Å². The third-order valence-corrected chi connectivity index (χ3v) is 5.00. The maximum atomic E-state index is 12.5. The van der Waals surface area contributed by atoms with Crippen LogP contribution in [-0.4, -0.2) is 16.0 Å². The maximum absolute atomic E-state index is 12.5. The number of aryl methyl sites for hydroxylation is 1. The molecule has 156 valence electrons. The Balaban J connectivity index is 1.35. The molecule has 0 spiro atoms. The topological polar surface area (TPSA) is 77.2 Å². The molecule has 0 atom stereocenters. The summed E-state index contributed by atoms with van der Waals surface area (Å²) in [7, 11) is 0. The van der Waals surface area contributed by atoms with Crippen molar-refractivity contribution in [2.75, 3.05) is 0 Å². The summed E-state index contributed by atoms with van der Waals surface area (Å²) in [6.45, 7) is 2.45. The average molecular weight is 434 g/mol. The predicted molar refractivity (Wildman–Crippen MR) is 118 cm³/mol. The van der Waals surface area contributed by atoms with Gasteiger partial charge in [-0.2, -0.15) is 4.98 Å². The number of carbonyl (C=O) groups is 1. The molecule has 0 fully saturated rings. The van der Waals surface area contributed by atoms with Crippen molar-refractivity contribution in [1.82, 2.24) is 15.5 Å². The molecule has 0 radical (unpaired) electrons. The van der Waals surface area contributed by atoms with Gasteiger partial charge in [-0.15, -0.1) is 0 Å². The predicted octanol–water partition coefficient (Wildman–Crippen LogP) is 5.21. The van der Waals surface area contributed by atoms with Crippen LogP contribution in [0.1, 0.15) is 27.4 Å². The number of hydrogen-bond donors (Lipinski definition) is 1. The third-order valence-electron chi connectivity index (χ3n) is 4.63. The van der Waals surface area contributed by atoms with Crippen LogP contribution in [-0.2, 0) is 13.2 Å². The Morgan fingerprint density at radius 2 is 1.87 bits per heavy atom. The Labute approximate surface area is 184 Å². The molecule has 6 nitrogen and oxygen atoms in total. The summed E-state index contributed by atoms with van der Waals surface area (Å²) in [6.07, 6.45) is 0. The fraction of sp³-hybridized carbons (Fsp3) is 0.125. The molecule has 0 aliphatic carbocycles. The van der Waals surface area contributed by atoms with E-state index in [1.54, 1.807) is 24.3 Å². The molecule has 0 unspecified atom stereocenters. The van der Waals surface area contributed by atoms with Gasteiger partial charge in [0.15, 0.2) is 0 Å². The molecule has 0 bridgehead atoms. The van der Waals surface area contributed by atoms with Crippen molar-refractivity contribution in [3.63, 3.8) is 0 Å². The van der Waals surface area contributed by atoms with E-state index in [0.717, 1.165) is 16.7 Å². The number of nitrogens with one attached hydrogen (secondary N) is 1. The molecular weight excluding hydrogens is 414 g/mol. The highest BCUT2D eigenvalue weighted by Gasteiger charge is 2.12. The normalized spacial score (nSPS) is 10.6. The van der Waals surface area contributed by atoms with Crippen molar-refractivity contribution in [1.29, 1.82) is 0 Å². The lowest BCUT2D eigenvalue weighted by molar-refractivity contribution is 0.0945. The van der Waals surface area contributed by atoms with Gasteiger partial charge in [0.05, 0.1) is 6.54 Å². The Bertz CT molecular complexity index is 1190. The van der Waals surface area contributed by atoms with Crippen LogP contribution in [0.25, 0.3) is 11.4 Å². The number of amides is 1. The van der Waals surface area contributed by atoms with Gasteiger partial charge in [-0.05, 0) is 31.2 Å². The van der Waals surface area contributed by atoms with E-state index in [2.05, 4.69) is 15.5 Å². The van der Waals surface area contributed by atoms with E-state index in [-0.39, 0.29) is 12.5 Å². The zero-order valence-electron chi connectivity index (χ0n) is 16.8. The fourth-order valence-electron chi connectivity index (χ4n) is 2.91. The first kappa shape index (κ1) is 20.6. The van der Waals surface area contributed by atoms with Gasteiger partial charge in [0.1, 0.15) is 12.4 Å². The number of ether oxygens (including phenoxy) is 1. The van der Waals surface area contributed by atoms with Crippen molar-refractivity contribution in [2.45, 2.75) is 20.1 Å². The van der Waals surface area contributed by atoms with Crippen LogP contribution in [0.15, 0.2) is 77.3 Å². The Kier molecular flexibility index (Phi) is 6.29. The molecule has 4 rings (SSSR count). The second kappa shape index (κ2) is 9.45. The summed E-state index contributed by atoms with van der Waals surface area (Å²) in [5, 5.41) is 7.40. The van der Waals surface area contributed by atoms with Gasteiger partial charge in [-0.1, -0.05) is 70.9 Å². The van der Waals surface area contributed by atoms with Crippen molar-refractivity contribution in [2.24, 2.45) is 0 Å². The molecule has 1 heterocycles. The first-order valence-electron chi connectivity index (χ1n) is 9.72. The van der Waals surface area contributed by atoms with Crippen LogP contribution in [0.3, 0.4) is 0 Å². The van der Waals surface area contributed by atoms with Gasteiger partial charge < -0.3 is 14.6 Å². The Morgan fingerprint density at radius 3 is 2.68 bits per heavy atom. The molecule has 1 N–H and O–H groups in total. The van der Waals surface area contributed by atoms with Crippen molar-refractivity contribution >= 4 is 17.5 Å². The number of nitrogens with zero attached hydrogens (tertiary/aromatic N) is 2. The zero-order valence-corrected chi connectivity index (χ0v) is 17.6. The lowest BCUT2D eigenvalue weighted by Crippen LogP contribution is -2.22. The standard InChI is InChI=1S/C24H20ClN3O3/c1-16-9-11-17(12-10-16)23-27-22(31-28-23)14-26-24(29)18-6-4-7-20(13-18)30-15-19-5-2-3-8-21(19)25/h2-13H,14-15H2,1H3,(H,26,29). The van der Waals surface area contributed by atoms with Crippen LogP contribution in [0, 0.1) is 6.92 Å². The zero-order chi connectivity index (χ0) is 21.6. The van der Waals surface area contributed by atoms with Gasteiger partial charge in [0.25, 0.3) is 5.91 Å². The quantitative estimate of drug-likeness (QED) is 0.433. The van der Waals surface area contributed by atoms with E-state index < -0.39 is 0 Å². The highest BCUT2D eigenvalue weighted by Crippen LogP contribution is 2.20. The first-order valence-corrected chi connectivity index (χ1v) is 10.1. The van der Waals surface area contributed by atoms with Gasteiger partial charge in [-0.25, -0.2) is 0 Å². The van der Waals surface area contributed by atoms with Crippen LogP contribution in [0.4, 0.5) is 0 Å². The van der Waals surface area contributed by atoms with E-state index in [0.29, 0.717) is 34.7 Å².